The maximum absolute atomic E-state index is 5.42. The minimum Gasteiger partial charge on any atom is -0.255 e. The molecule has 0 amide bonds. The number of nitrogens with zero attached hydrogens (tertiary/aromatic N) is 2. The largest absolute Gasteiger partial charge is 0.255 e. The van der Waals surface area contributed by atoms with Gasteiger partial charge in [-0.05, 0) is 0 Å². The highest BCUT2D eigenvalue weighted by molar-refractivity contribution is 4.38. The van der Waals surface area contributed by atoms with Crippen molar-refractivity contribution in [3.63, 3.8) is 0 Å². The quantitative estimate of drug-likeness (QED) is 0.419. The number of rotatable bonds is 3. The first kappa shape index (κ1) is 7.88. The summed E-state index contributed by atoms with van der Waals surface area (Å²) in [4.78, 5) is 0. The lowest BCUT2D eigenvalue weighted by Crippen LogP contribution is -2.44. The van der Waals surface area contributed by atoms with E-state index in [1.165, 1.54) is 0 Å². The summed E-state index contributed by atoms with van der Waals surface area (Å²) < 4.78 is 0. The molecule has 0 rings (SSSR count). The molecule has 3 nitrogen and oxygen atoms in total. The monoisotopic (exact) mass is 117 g/mol. The molecule has 0 aliphatic carbocycles. The fourth-order valence-corrected chi connectivity index (χ4v) is 0.670. The molecule has 0 aromatic heterocycles. The molecule has 0 fully saturated rings. The summed E-state index contributed by atoms with van der Waals surface area (Å²) in [7, 11) is 1.84. The van der Waals surface area contributed by atoms with E-state index >= 15 is 0 Å². The van der Waals surface area contributed by atoms with Crippen LogP contribution in [0.1, 0.15) is 13.8 Å². The predicted octanol–water partition coefficient (Wildman–Crippen LogP) is 0.0487. The van der Waals surface area contributed by atoms with Crippen molar-refractivity contribution in [2.75, 3.05) is 20.1 Å². The van der Waals surface area contributed by atoms with Gasteiger partial charge in [0, 0.05) is 20.1 Å². The molecule has 0 aromatic carbocycles. The normalized spacial score (nSPS) is 11.2. The maximum Gasteiger partial charge on any atom is 0.0174 e. The van der Waals surface area contributed by atoms with Crippen LogP contribution in [-0.4, -0.2) is 30.3 Å². The Morgan fingerprint density at radius 1 is 1.25 bits per heavy atom. The molecule has 0 aliphatic rings. The Labute approximate surface area is 51.0 Å². The van der Waals surface area contributed by atoms with Crippen LogP contribution in [0.15, 0.2) is 0 Å². The first-order valence-electron chi connectivity index (χ1n) is 2.95. The molecule has 0 spiro atoms. The van der Waals surface area contributed by atoms with Crippen LogP contribution in [0.2, 0.25) is 0 Å². The third-order valence-electron chi connectivity index (χ3n) is 1.18. The number of nitrogens with two attached hydrogens (primary N) is 1. The summed E-state index contributed by atoms with van der Waals surface area (Å²) in [5, 5.41) is 3.64. The number of hydrazine groups is 2. The van der Waals surface area contributed by atoms with Crippen LogP contribution in [0, 0.1) is 0 Å². The Bertz CT molecular complexity index is 49.6. The van der Waals surface area contributed by atoms with Gasteiger partial charge in [-0.2, -0.15) is 5.12 Å². The smallest absolute Gasteiger partial charge is 0.0174 e. The third kappa shape index (κ3) is 2.26. The van der Waals surface area contributed by atoms with E-state index in [1.54, 1.807) is 5.12 Å². The van der Waals surface area contributed by atoms with Crippen LogP contribution in [0.5, 0.6) is 0 Å². The molecule has 0 heterocycles. The van der Waals surface area contributed by atoms with Gasteiger partial charge in [-0.1, -0.05) is 13.8 Å². The lowest BCUT2D eigenvalue weighted by atomic mass is 10.6. The van der Waals surface area contributed by atoms with E-state index in [4.69, 9.17) is 5.84 Å². The zero-order chi connectivity index (χ0) is 6.57. The van der Waals surface area contributed by atoms with E-state index in [1.807, 2.05) is 12.1 Å². The van der Waals surface area contributed by atoms with Crippen molar-refractivity contribution in [1.29, 1.82) is 0 Å². The first-order chi connectivity index (χ1) is 3.72. The van der Waals surface area contributed by atoms with Gasteiger partial charge >= 0.3 is 0 Å². The van der Waals surface area contributed by atoms with Crippen LogP contribution in [0.4, 0.5) is 0 Å². The highest BCUT2D eigenvalue weighted by Gasteiger charge is 1.98. The molecule has 0 aromatic rings. The highest BCUT2D eigenvalue weighted by atomic mass is 15.7. The van der Waals surface area contributed by atoms with Gasteiger partial charge in [0.2, 0.25) is 0 Å². The fraction of sp³-hybridized carbons (Fsp3) is 1.00. The molecule has 0 aliphatic heterocycles. The average Bonchev–Trinajstić information content (AvgIpc) is 1.69. The van der Waals surface area contributed by atoms with E-state index in [2.05, 4.69) is 13.8 Å². The van der Waals surface area contributed by atoms with Crippen molar-refractivity contribution >= 4 is 0 Å². The SMILES string of the molecule is CCN(CC)N(C)N. The molecule has 0 saturated heterocycles. The Hall–Kier alpha value is -0.120. The molecule has 50 valence electrons. The van der Waals surface area contributed by atoms with Gasteiger partial charge in [0.25, 0.3) is 0 Å². The first-order valence-corrected chi connectivity index (χ1v) is 2.95. The zero-order valence-corrected chi connectivity index (χ0v) is 5.89. The Balaban J connectivity index is 3.35. The number of hydrogen-bond acceptors (Lipinski definition) is 3. The van der Waals surface area contributed by atoms with Crippen LogP contribution >= 0.6 is 0 Å². The van der Waals surface area contributed by atoms with Crippen molar-refractivity contribution in [2.45, 2.75) is 13.8 Å². The summed E-state index contributed by atoms with van der Waals surface area (Å²) in [6, 6.07) is 0. The van der Waals surface area contributed by atoms with Crippen LogP contribution in [0.3, 0.4) is 0 Å². The van der Waals surface area contributed by atoms with Crippen LogP contribution < -0.4 is 5.84 Å². The Morgan fingerprint density at radius 3 is 1.62 bits per heavy atom. The number of hydrogen-bond donors (Lipinski definition) is 1. The van der Waals surface area contributed by atoms with Gasteiger partial charge in [0.05, 0.1) is 0 Å². The van der Waals surface area contributed by atoms with Crippen molar-refractivity contribution in [3.05, 3.63) is 0 Å². The minimum atomic E-state index is 0.976. The van der Waals surface area contributed by atoms with Crippen molar-refractivity contribution in [3.8, 4) is 0 Å². The van der Waals surface area contributed by atoms with Crippen molar-refractivity contribution in [2.24, 2.45) is 5.84 Å². The molecule has 8 heavy (non-hydrogen) atoms. The van der Waals surface area contributed by atoms with E-state index in [9.17, 15) is 0 Å². The third-order valence-corrected chi connectivity index (χ3v) is 1.18. The van der Waals surface area contributed by atoms with Gasteiger partial charge in [-0.25, -0.2) is 5.01 Å². The molecule has 0 atom stereocenters. The second kappa shape index (κ2) is 3.83. The molecule has 0 saturated carbocycles. The lowest BCUT2D eigenvalue weighted by molar-refractivity contribution is 0.00921. The van der Waals surface area contributed by atoms with Gasteiger partial charge in [-0.15, -0.1) is 0 Å². The summed E-state index contributed by atoms with van der Waals surface area (Å²) in [5.41, 5.74) is 0. The molecule has 0 radical (unpaired) electrons. The summed E-state index contributed by atoms with van der Waals surface area (Å²) >= 11 is 0. The minimum absolute atomic E-state index is 0.976. The fourth-order valence-electron chi connectivity index (χ4n) is 0.670. The van der Waals surface area contributed by atoms with E-state index in [0.717, 1.165) is 13.1 Å². The lowest BCUT2D eigenvalue weighted by Gasteiger charge is -2.24. The predicted molar refractivity (Wildman–Crippen MR) is 34.9 cm³/mol. The molecule has 0 unspecified atom stereocenters. The summed E-state index contributed by atoms with van der Waals surface area (Å²) in [5.74, 6) is 5.42. The summed E-state index contributed by atoms with van der Waals surface area (Å²) in [6.07, 6.45) is 0. The van der Waals surface area contributed by atoms with E-state index < -0.39 is 0 Å². The van der Waals surface area contributed by atoms with Gasteiger partial charge in [0.1, 0.15) is 0 Å². The van der Waals surface area contributed by atoms with Crippen LogP contribution in [-0.2, 0) is 0 Å². The van der Waals surface area contributed by atoms with E-state index in [0.29, 0.717) is 0 Å². The summed E-state index contributed by atoms with van der Waals surface area (Å²) in [6.45, 7) is 6.10. The molecular formula is C5H15N3. The second-order valence-electron chi connectivity index (χ2n) is 1.71. The van der Waals surface area contributed by atoms with Crippen LogP contribution in [0.25, 0.3) is 0 Å². The van der Waals surface area contributed by atoms with Gasteiger partial charge in [-0.3, -0.25) is 5.84 Å². The average molecular weight is 117 g/mol. The molecular weight excluding hydrogens is 102 g/mol. The van der Waals surface area contributed by atoms with Crippen molar-refractivity contribution < 1.29 is 0 Å². The topological polar surface area (TPSA) is 32.5 Å². The Morgan fingerprint density at radius 2 is 1.62 bits per heavy atom. The maximum atomic E-state index is 5.42. The van der Waals surface area contributed by atoms with Gasteiger partial charge < -0.3 is 0 Å². The van der Waals surface area contributed by atoms with Crippen molar-refractivity contribution in [1.82, 2.24) is 10.1 Å². The standard InChI is InChI=1S/C5H15N3/c1-4-8(5-2)7(3)6/h4-6H2,1-3H3. The van der Waals surface area contributed by atoms with Gasteiger partial charge in [0.15, 0.2) is 0 Å². The second-order valence-corrected chi connectivity index (χ2v) is 1.71. The zero-order valence-electron chi connectivity index (χ0n) is 5.89. The highest BCUT2D eigenvalue weighted by Crippen LogP contribution is 1.84. The molecule has 2 N–H and O–H groups in total. The molecule has 0 bridgehead atoms. The molecule has 3 heteroatoms. The van der Waals surface area contributed by atoms with E-state index in [-0.39, 0.29) is 0 Å². The Kier molecular flexibility index (Phi) is 3.77.